The van der Waals surface area contributed by atoms with E-state index >= 15 is 0 Å². The lowest BCUT2D eigenvalue weighted by atomic mass is 10.2. The Labute approximate surface area is 91.5 Å². The van der Waals surface area contributed by atoms with Crippen LogP contribution in [0.1, 0.15) is 24.1 Å². The minimum Gasteiger partial charge on any atom is -0.388 e. The fourth-order valence-electron chi connectivity index (χ4n) is 2.22. The Kier molecular flexibility index (Phi) is 2.80. The molecule has 1 N–H and O–H groups in total. The van der Waals surface area contributed by atoms with Gasteiger partial charge in [-0.05, 0) is 32.8 Å². The molecule has 1 aromatic heterocycles. The van der Waals surface area contributed by atoms with Crippen molar-refractivity contribution in [3.8, 4) is 0 Å². The van der Waals surface area contributed by atoms with Gasteiger partial charge < -0.3 is 10.2 Å². The standard InChI is InChI=1S/C12H19N3/c1-9-8-11(13-3)10(2)12(14-9)15-6-4-5-7-15/h8H,4-7H2,1-3H3,(H,13,14). The molecule has 0 saturated carbocycles. The quantitative estimate of drug-likeness (QED) is 0.803. The Balaban J connectivity index is 2.40. The van der Waals surface area contributed by atoms with E-state index in [1.807, 2.05) is 7.05 Å². The van der Waals surface area contributed by atoms with Gasteiger partial charge in [-0.3, -0.25) is 0 Å². The molecule has 1 aliphatic rings. The highest BCUT2D eigenvalue weighted by atomic mass is 15.2. The zero-order chi connectivity index (χ0) is 10.8. The van der Waals surface area contributed by atoms with Gasteiger partial charge in [0.2, 0.25) is 0 Å². The first-order valence-electron chi connectivity index (χ1n) is 5.63. The summed E-state index contributed by atoms with van der Waals surface area (Å²) in [6.45, 7) is 6.51. The first kappa shape index (κ1) is 10.3. The van der Waals surface area contributed by atoms with Gasteiger partial charge >= 0.3 is 0 Å². The number of rotatable bonds is 2. The number of nitrogens with zero attached hydrogens (tertiary/aromatic N) is 2. The van der Waals surface area contributed by atoms with Gasteiger partial charge in [-0.15, -0.1) is 0 Å². The number of pyridine rings is 1. The van der Waals surface area contributed by atoms with Crippen LogP contribution in [0.25, 0.3) is 0 Å². The molecule has 0 radical (unpaired) electrons. The van der Waals surface area contributed by atoms with Gasteiger partial charge in [-0.2, -0.15) is 0 Å². The third-order valence-electron chi connectivity index (χ3n) is 3.05. The molecule has 0 amide bonds. The molecule has 3 nitrogen and oxygen atoms in total. The van der Waals surface area contributed by atoms with E-state index in [1.165, 1.54) is 24.1 Å². The van der Waals surface area contributed by atoms with E-state index in [0.717, 1.165) is 24.6 Å². The maximum Gasteiger partial charge on any atom is 0.133 e. The first-order valence-corrected chi connectivity index (χ1v) is 5.63. The molecule has 1 saturated heterocycles. The van der Waals surface area contributed by atoms with E-state index in [4.69, 9.17) is 0 Å². The lowest BCUT2D eigenvalue weighted by Crippen LogP contribution is -2.21. The van der Waals surface area contributed by atoms with Crippen LogP contribution < -0.4 is 10.2 Å². The second-order valence-corrected chi connectivity index (χ2v) is 4.20. The van der Waals surface area contributed by atoms with Crippen LogP contribution in [-0.2, 0) is 0 Å². The Hall–Kier alpha value is -1.25. The molecular formula is C12H19N3. The summed E-state index contributed by atoms with van der Waals surface area (Å²) in [6.07, 6.45) is 2.59. The van der Waals surface area contributed by atoms with Crippen molar-refractivity contribution in [3.63, 3.8) is 0 Å². The van der Waals surface area contributed by atoms with Gasteiger partial charge in [0.05, 0.1) is 0 Å². The number of anilines is 2. The summed E-state index contributed by atoms with van der Waals surface area (Å²) in [5.74, 6) is 1.16. The summed E-state index contributed by atoms with van der Waals surface area (Å²) in [4.78, 5) is 7.04. The molecule has 0 atom stereocenters. The maximum absolute atomic E-state index is 4.65. The van der Waals surface area contributed by atoms with Crippen LogP contribution in [0.2, 0.25) is 0 Å². The smallest absolute Gasteiger partial charge is 0.133 e. The molecule has 1 aliphatic heterocycles. The largest absolute Gasteiger partial charge is 0.388 e. The van der Waals surface area contributed by atoms with Crippen LogP contribution in [0.4, 0.5) is 11.5 Å². The summed E-state index contributed by atoms with van der Waals surface area (Å²) in [5.41, 5.74) is 3.56. The highest BCUT2D eigenvalue weighted by Crippen LogP contribution is 2.27. The van der Waals surface area contributed by atoms with Crippen LogP contribution in [0.3, 0.4) is 0 Å². The van der Waals surface area contributed by atoms with Crippen molar-refractivity contribution in [2.75, 3.05) is 30.4 Å². The Bertz CT molecular complexity index is 354. The zero-order valence-electron chi connectivity index (χ0n) is 9.80. The average Bonchev–Trinajstić information content (AvgIpc) is 2.74. The lowest BCUT2D eigenvalue weighted by molar-refractivity contribution is 0.920. The molecule has 0 aliphatic carbocycles. The molecule has 2 heterocycles. The first-order chi connectivity index (χ1) is 7.22. The summed E-state index contributed by atoms with van der Waals surface area (Å²) < 4.78 is 0. The molecule has 0 unspecified atom stereocenters. The highest BCUT2D eigenvalue weighted by molar-refractivity contribution is 5.63. The van der Waals surface area contributed by atoms with Crippen molar-refractivity contribution < 1.29 is 0 Å². The molecule has 82 valence electrons. The van der Waals surface area contributed by atoms with Gasteiger partial charge in [-0.1, -0.05) is 0 Å². The Morgan fingerprint density at radius 1 is 1.27 bits per heavy atom. The normalized spacial score (nSPS) is 15.8. The minimum absolute atomic E-state index is 1.09. The zero-order valence-corrected chi connectivity index (χ0v) is 9.80. The van der Waals surface area contributed by atoms with Crippen molar-refractivity contribution in [2.24, 2.45) is 0 Å². The number of aromatic nitrogens is 1. The molecule has 2 rings (SSSR count). The summed E-state index contributed by atoms with van der Waals surface area (Å²) in [7, 11) is 1.97. The molecule has 0 spiro atoms. The van der Waals surface area contributed by atoms with E-state index in [0.29, 0.717) is 0 Å². The van der Waals surface area contributed by atoms with Crippen LogP contribution in [0, 0.1) is 13.8 Å². The van der Waals surface area contributed by atoms with Crippen molar-refractivity contribution in [2.45, 2.75) is 26.7 Å². The average molecular weight is 205 g/mol. The Morgan fingerprint density at radius 2 is 1.93 bits per heavy atom. The van der Waals surface area contributed by atoms with E-state index in [2.05, 4.69) is 35.1 Å². The molecule has 0 aromatic carbocycles. The number of aryl methyl sites for hydroxylation is 1. The maximum atomic E-state index is 4.65. The van der Waals surface area contributed by atoms with Crippen molar-refractivity contribution in [1.82, 2.24) is 4.98 Å². The molecular weight excluding hydrogens is 186 g/mol. The van der Waals surface area contributed by atoms with Gasteiger partial charge in [0.1, 0.15) is 5.82 Å². The highest BCUT2D eigenvalue weighted by Gasteiger charge is 2.17. The van der Waals surface area contributed by atoms with Gasteiger partial charge in [-0.25, -0.2) is 4.98 Å². The molecule has 3 heteroatoms. The molecule has 1 fully saturated rings. The number of hydrogen-bond donors (Lipinski definition) is 1. The third-order valence-corrected chi connectivity index (χ3v) is 3.05. The van der Waals surface area contributed by atoms with Crippen molar-refractivity contribution >= 4 is 11.5 Å². The van der Waals surface area contributed by atoms with Crippen LogP contribution in [0.5, 0.6) is 0 Å². The van der Waals surface area contributed by atoms with E-state index in [-0.39, 0.29) is 0 Å². The Morgan fingerprint density at radius 3 is 2.53 bits per heavy atom. The van der Waals surface area contributed by atoms with Gasteiger partial charge in [0.25, 0.3) is 0 Å². The topological polar surface area (TPSA) is 28.2 Å². The molecule has 15 heavy (non-hydrogen) atoms. The predicted molar refractivity (Wildman–Crippen MR) is 64.7 cm³/mol. The molecule has 0 bridgehead atoms. The number of hydrogen-bond acceptors (Lipinski definition) is 3. The van der Waals surface area contributed by atoms with Crippen LogP contribution in [-0.4, -0.2) is 25.1 Å². The van der Waals surface area contributed by atoms with Gasteiger partial charge in [0.15, 0.2) is 0 Å². The lowest BCUT2D eigenvalue weighted by Gasteiger charge is -2.21. The predicted octanol–water partition coefficient (Wildman–Crippen LogP) is 2.34. The fraction of sp³-hybridized carbons (Fsp3) is 0.583. The summed E-state index contributed by atoms with van der Waals surface area (Å²) in [6, 6.07) is 2.11. The van der Waals surface area contributed by atoms with E-state index in [9.17, 15) is 0 Å². The second-order valence-electron chi connectivity index (χ2n) is 4.20. The SMILES string of the molecule is CNc1cc(C)nc(N2CCCC2)c1C. The van der Waals surface area contributed by atoms with Crippen LogP contribution >= 0.6 is 0 Å². The van der Waals surface area contributed by atoms with Crippen LogP contribution in [0.15, 0.2) is 6.07 Å². The monoisotopic (exact) mass is 205 g/mol. The fourth-order valence-corrected chi connectivity index (χ4v) is 2.22. The van der Waals surface area contributed by atoms with Crippen molar-refractivity contribution in [1.29, 1.82) is 0 Å². The number of nitrogens with one attached hydrogen (secondary N) is 1. The second kappa shape index (κ2) is 4.09. The van der Waals surface area contributed by atoms with E-state index < -0.39 is 0 Å². The van der Waals surface area contributed by atoms with Gasteiger partial charge in [0, 0.05) is 37.1 Å². The third kappa shape index (κ3) is 1.91. The van der Waals surface area contributed by atoms with Crippen molar-refractivity contribution in [3.05, 3.63) is 17.3 Å². The summed E-state index contributed by atoms with van der Waals surface area (Å²) in [5, 5.41) is 3.23. The minimum atomic E-state index is 1.09. The molecule has 1 aromatic rings. The summed E-state index contributed by atoms with van der Waals surface area (Å²) >= 11 is 0. The van der Waals surface area contributed by atoms with E-state index in [1.54, 1.807) is 0 Å².